The van der Waals surface area contributed by atoms with Crippen LogP contribution in [0.3, 0.4) is 0 Å². The first-order valence-corrected chi connectivity index (χ1v) is 16.6. The number of ether oxygens (including phenoxy) is 2. The van der Waals surface area contributed by atoms with Gasteiger partial charge in [0, 0.05) is 30.1 Å². The Labute approximate surface area is 266 Å². The summed E-state index contributed by atoms with van der Waals surface area (Å²) in [6, 6.07) is 17.9. The normalized spacial score (nSPS) is 15.6. The molecule has 9 heteroatoms. The van der Waals surface area contributed by atoms with E-state index in [1.165, 1.54) is 23.3 Å². The van der Waals surface area contributed by atoms with Crippen LogP contribution in [0.5, 0.6) is 11.5 Å². The van der Waals surface area contributed by atoms with E-state index < -0.39 is 5.97 Å². The molecule has 2 aromatic carbocycles. The van der Waals surface area contributed by atoms with Crippen LogP contribution in [0.2, 0.25) is 0 Å². The SMILES string of the molecule is COc1cc(OC)cc(-c2ccc3cc(-c4c(C5CCCCC5)c5sc(C(=O)O)cc5n4CC(=O)N4CCCC4)ccc3n2)c1. The third-order valence-electron chi connectivity index (χ3n) is 9.36. The van der Waals surface area contributed by atoms with Gasteiger partial charge in [0.2, 0.25) is 5.91 Å². The summed E-state index contributed by atoms with van der Waals surface area (Å²) in [6.07, 6.45) is 7.70. The number of aromatic carboxylic acids is 1. The number of methoxy groups -OCH3 is 2. The molecule has 7 rings (SSSR count). The number of nitrogens with zero attached hydrogens (tertiary/aromatic N) is 3. The third-order valence-corrected chi connectivity index (χ3v) is 10.5. The van der Waals surface area contributed by atoms with E-state index in [0.29, 0.717) is 22.3 Å². The number of aromatic nitrogens is 2. The highest BCUT2D eigenvalue weighted by atomic mass is 32.1. The molecule has 1 aliphatic heterocycles. The molecule has 5 aromatic rings. The lowest BCUT2D eigenvalue weighted by atomic mass is 9.83. The van der Waals surface area contributed by atoms with E-state index in [1.807, 2.05) is 35.2 Å². The average molecular weight is 624 g/mol. The van der Waals surface area contributed by atoms with Crippen molar-refractivity contribution in [2.75, 3.05) is 27.3 Å². The van der Waals surface area contributed by atoms with Gasteiger partial charge >= 0.3 is 5.97 Å². The molecule has 3 aromatic heterocycles. The summed E-state index contributed by atoms with van der Waals surface area (Å²) >= 11 is 1.35. The number of benzene rings is 2. The lowest BCUT2D eigenvalue weighted by molar-refractivity contribution is -0.130. The quantitative estimate of drug-likeness (QED) is 0.188. The number of rotatable bonds is 8. The second-order valence-electron chi connectivity index (χ2n) is 12.1. The lowest BCUT2D eigenvalue weighted by Crippen LogP contribution is -2.31. The van der Waals surface area contributed by atoms with Crippen LogP contribution in [0.15, 0.2) is 54.6 Å². The van der Waals surface area contributed by atoms with Crippen molar-refractivity contribution in [2.45, 2.75) is 57.4 Å². The van der Waals surface area contributed by atoms with E-state index in [2.05, 4.69) is 22.8 Å². The number of thiophene rings is 1. The Morgan fingerprint density at radius 2 is 1.62 bits per heavy atom. The molecular formula is C36H37N3O5S. The molecule has 0 radical (unpaired) electrons. The van der Waals surface area contributed by atoms with Gasteiger partial charge in [0.15, 0.2) is 0 Å². The Hall–Kier alpha value is -4.37. The van der Waals surface area contributed by atoms with Crippen molar-refractivity contribution in [3.8, 4) is 34.0 Å². The van der Waals surface area contributed by atoms with Gasteiger partial charge in [0.1, 0.15) is 22.9 Å². The van der Waals surface area contributed by atoms with E-state index >= 15 is 0 Å². The van der Waals surface area contributed by atoms with Gasteiger partial charge in [0.05, 0.1) is 41.3 Å². The number of amides is 1. The Morgan fingerprint density at radius 3 is 2.31 bits per heavy atom. The minimum absolute atomic E-state index is 0.0877. The van der Waals surface area contributed by atoms with E-state index in [0.717, 1.165) is 95.2 Å². The zero-order valence-corrected chi connectivity index (χ0v) is 26.5. The van der Waals surface area contributed by atoms with Crippen LogP contribution in [0.25, 0.3) is 43.6 Å². The number of carbonyl (C=O) groups excluding carboxylic acids is 1. The molecule has 0 spiro atoms. The second-order valence-corrected chi connectivity index (χ2v) is 13.2. The molecule has 2 aliphatic rings. The summed E-state index contributed by atoms with van der Waals surface area (Å²) in [4.78, 5) is 33.0. The number of hydrogen-bond donors (Lipinski definition) is 1. The zero-order valence-electron chi connectivity index (χ0n) is 25.7. The largest absolute Gasteiger partial charge is 0.497 e. The van der Waals surface area contributed by atoms with Crippen molar-refractivity contribution in [1.29, 1.82) is 0 Å². The maximum absolute atomic E-state index is 13.6. The molecule has 8 nitrogen and oxygen atoms in total. The van der Waals surface area contributed by atoms with Gasteiger partial charge in [-0.25, -0.2) is 9.78 Å². The van der Waals surface area contributed by atoms with Crippen molar-refractivity contribution in [3.63, 3.8) is 0 Å². The fourth-order valence-corrected chi connectivity index (χ4v) is 8.21. The monoisotopic (exact) mass is 623 g/mol. The third kappa shape index (κ3) is 5.54. The fraction of sp³-hybridized carbons (Fsp3) is 0.361. The predicted molar refractivity (Wildman–Crippen MR) is 178 cm³/mol. The van der Waals surface area contributed by atoms with E-state index in [9.17, 15) is 14.7 Å². The first-order chi connectivity index (χ1) is 21.9. The molecular weight excluding hydrogens is 586 g/mol. The lowest BCUT2D eigenvalue weighted by Gasteiger charge is -2.24. The molecule has 0 atom stereocenters. The first kappa shape index (κ1) is 29.3. The molecule has 1 amide bonds. The second kappa shape index (κ2) is 12.2. The highest BCUT2D eigenvalue weighted by Gasteiger charge is 2.31. The van der Waals surface area contributed by atoms with E-state index in [1.54, 1.807) is 20.3 Å². The van der Waals surface area contributed by atoms with Crippen LogP contribution in [0.1, 0.15) is 66.1 Å². The van der Waals surface area contributed by atoms with Crippen LogP contribution in [0, 0.1) is 0 Å². The van der Waals surface area contributed by atoms with Crippen molar-refractivity contribution in [3.05, 3.63) is 65.0 Å². The van der Waals surface area contributed by atoms with Gasteiger partial charge in [-0.15, -0.1) is 11.3 Å². The summed E-state index contributed by atoms with van der Waals surface area (Å²) < 4.78 is 14.1. The smallest absolute Gasteiger partial charge is 0.345 e. The summed E-state index contributed by atoms with van der Waals surface area (Å²) in [5.74, 6) is 0.883. The Kier molecular flexibility index (Phi) is 7.95. The van der Waals surface area contributed by atoms with Gasteiger partial charge < -0.3 is 24.0 Å². The van der Waals surface area contributed by atoms with Gasteiger partial charge in [0.25, 0.3) is 0 Å². The highest BCUT2D eigenvalue weighted by Crippen LogP contribution is 2.47. The van der Waals surface area contributed by atoms with Crippen molar-refractivity contribution < 1.29 is 24.2 Å². The fourth-order valence-electron chi connectivity index (χ4n) is 7.09. The standard InChI is InChI=1S/C36H37N3O5S/c1-43-26-17-25(18-27(19-26)44-2)29-12-10-23-16-24(11-13-28(23)37-29)34-33(22-8-4-3-5-9-22)35-30(20-31(45-35)36(41)42)39(34)21-32(40)38-14-6-7-15-38/h10-13,16-20,22H,3-9,14-15,21H2,1-2H3,(H,41,42). The molecule has 1 aliphatic carbocycles. The van der Waals surface area contributed by atoms with Crippen LogP contribution in [-0.4, -0.2) is 58.7 Å². The summed E-state index contributed by atoms with van der Waals surface area (Å²) in [7, 11) is 3.27. The molecule has 45 heavy (non-hydrogen) atoms. The topological polar surface area (TPSA) is 93.9 Å². The summed E-state index contributed by atoms with van der Waals surface area (Å²) in [5.41, 5.74) is 6.69. The van der Waals surface area contributed by atoms with Gasteiger partial charge in [-0.2, -0.15) is 0 Å². The summed E-state index contributed by atoms with van der Waals surface area (Å²) in [6.45, 7) is 1.75. The minimum atomic E-state index is -0.925. The van der Waals surface area contributed by atoms with Gasteiger partial charge in [-0.05, 0) is 79.1 Å². The number of fused-ring (bicyclic) bond motifs is 2. The Balaban J connectivity index is 1.37. The van der Waals surface area contributed by atoms with Crippen LogP contribution >= 0.6 is 11.3 Å². The summed E-state index contributed by atoms with van der Waals surface area (Å²) in [5, 5.41) is 10.9. The first-order valence-electron chi connectivity index (χ1n) is 15.7. The Morgan fingerprint density at radius 1 is 0.889 bits per heavy atom. The van der Waals surface area contributed by atoms with Crippen molar-refractivity contribution >= 4 is 44.3 Å². The Bertz CT molecular complexity index is 1890. The molecule has 1 saturated heterocycles. The number of carboxylic acid groups (broad SMARTS) is 1. The van der Waals surface area contributed by atoms with Gasteiger partial charge in [-0.1, -0.05) is 31.4 Å². The molecule has 1 saturated carbocycles. The molecule has 4 heterocycles. The maximum Gasteiger partial charge on any atom is 0.345 e. The maximum atomic E-state index is 13.6. The van der Waals surface area contributed by atoms with Crippen LogP contribution in [0.4, 0.5) is 0 Å². The number of carbonyl (C=O) groups is 2. The van der Waals surface area contributed by atoms with Crippen LogP contribution in [-0.2, 0) is 11.3 Å². The molecule has 0 bridgehead atoms. The molecule has 1 N–H and O–H groups in total. The number of carboxylic acids is 1. The average Bonchev–Trinajstić information content (AvgIpc) is 3.82. The predicted octanol–water partition coefficient (Wildman–Crippen LogP) is 7.97. The van der Waals surface area contributed by atoms with E-state index in [-0.39, 0.29) is 12.5 Å². The number of pyridine rings is 1. The molecule has 232 valence electrons. The van der Waals surface area contributed by atoms with Crippen molar-refractivity contribution in [2.24, 2.45) is 0 Å². The number of likely N-dealkylation sites (tertiary alicyclic amines) is 1. The number of hydrogen-bond acceptors (Lipinski definition) is 6. The molecule has 2 fully saturated rings. The zero-order chi connectivity index (χ0) is 31.1. The minimum Gasteiger partial charge on any atom is -0.497 e. The van der Waals surface area contributed by atoms with Crippen LogP contribution < -0.4 is 9.47 Å². The van der Waals surface area contributed by atoms with E-state index in [4.69, 9.17) is 14.5 Å². The van der Waals surface area contributed by atoms with Gasteiger partial charge in [-0.3, -0.25) is 4.79 Å². The highest BCUT2D eigenvalue weighted by molar-refractivity contribution is 7.21. The van der Waals surface area contributed by atoms with Crippen molar-refractivity contribution in [1.82, 2.24) is 14.5 Å². The molecule has 0 unspecified atom stereocenters.